The van der Waals surface area contributed by atoms with Crippen LogP contribution >= 0.6 is 0 Å². The molecule has 2 aliphatic heterocycles. The van der Waals surface area contributed by atoms with Gasteiger partial charge in [0.05, 0.1) is 12.7 Å². The molecule has 0 bridgehead atoms. The van der Waals surface area contributed by atoms with Gasteiger partial charge in [0.1, 0.15) is 42.7 Å². The smallest absolute Gasteiger partial charge is 0.224 e. The minimum absolute atomic E-state index is 0.395. The first-order valence-corrected chi connectivity index (χ1v) is 6.30. The molecule has 0 aromatic carbocycles. The van der Waals surface area contributed by atoms with E-state index in [9.17, 15) is 35.7 Å². The first-order valence-electron chi connectivity index (χ1n) is 6.30. The molecule has 2 saturated heterocycles. The Morgan fingerprint density at radius 1 is 0.900 bits per heavy atom. The molecular formula is C11H20O9. The van der Waals surface area contributed by atoms with E-state index in [-0.39, 0.29) is 0 Å². The Kier molecular flexibility index (Phi) is 4.36. The van der Waals surface area contributed by atoms with Crippen molar-refractivity contribution in [3.63, 3.8) is 0 Å². The topological polar surface area (TPSA) is 160 Å². The largest absolute Gasteiger partial charge is 0.388 e. The number of hydrogen-bond donors (Lipinski definition) is 7. The van der Waals surface area contributed by atoms with Gasteiger partial charge in [-0.2, -0.15) is 0 Å². The van der Waals surface area contributed by atoms with Gasteiger partial charge >= 0.3 is 0 Å². The van der Waals surface area contributed by atoms with Crippen molar-refractivity contribution >= 4 is 0 Å². The van der Waals surface area contributed by atoms with E-state index in [0.717, 1.165) is 0 Å². The highest BCUT2D eigenvalue weighted by Crippen LogP contribution is 2.35. The van der Waals surface area contributed by atoms with Crippen LogP contribution in [0.5, 0.6) is 0 Å². The highest BCUT2D eigenvalue weighted by Gasteiger charge is 2.60. The van der Waals surface area contributed by atoms with E-state index < -0.39 is 61.2 Å². The molecule has 9 heteroatoms. The summed E-state index contributed by atoms with van der Waals surface area (Å²) < 4.78 is 10.1. The van der Waals surface area contributed by atoms with Gasteiger partial charge in [-0.25, -0.2) is 0 Å². The van der Waals surface area contributed by atoms with Crippen LogP contribution in [0.2, 0.25) is 0 Å². The van der Waals surface area contributed by atoms with E-state index in [1.165, 1.54) is 6.92 Å². The van der Waals surface area contributed by atoms with Crippen molar-refractivity contribution in [1.29, 1.82) is 0 Å². The second-order valence-electron chi connectivity index (χ2n) is 5.30. The van der Waals surface area contributed by atoms with Gasteiger partial charge in [0.15, 0.2) is 0 Å². The second-order valence-corrected chi connectivity index (χ2v) is 5.30. The van der Waals surface area contributed by atoms with Gasteiger partial charge in [-0.05, 0) is 6.92 Å². The van der Waals surface area contributed by atoms with Gasteiger partial charge in [-0.3, -0.25) is 0 Å². The van der Waals surface area contributed by atoms with Crippen LogP contribution in [-0.4, -0.2) is 97.0 Å². The molecule has 0 unspecified atom stereocenters. The maximum Gasteiger partial charge on any atom is 0.224 e. The summed E-state index contributed by atoms with van der Waals surface area (Å²) in [6.45, 7) is 0.958. The lowest BCUT2D eigenvalue weighted by molar-refractivity contribution is -0.394. The standard InChI is InChI=1S/C11H20O9/c1-3-5(13)7(15)9(17)11(18,20-3)10-8(16)6(14)4(12)2-19-10/h3-10,12-18H,2H2,1H3/t3-,4+,5+,6-,7+,8+,9-,10-,11-/m0/s1. The Morgan fingerprint density at radius 2 is 1.50 bits per heavy atom. The van der Waals surface area contributed by atoms with Gasteiger partial charge in [-0.1, -0.05) is 0 Å². The van der Waals surface area contributed by atoms with Crippen LogP contribution in [0.3, 0.4) is 0 Å². The fraction of sp³-hybridized carbons (Fsp3) is 1.00. The minimum Gasteiger partial charge on any atom is -0.388 e. The van der Waals surface area contributed by atoms with Crippen molar-refractivity contribution in [1.82, 2.24) is 0 Å². The molecule has 0 aromatic rings. The molecule has 7 N–H and O–H groups in total. The molecule has 2 heterocycles. The maximum atomic E-state index is 10.4. The monoisotopic (exact) mass is 296 g/mol. The summed E-state index contributed by atoms with van der Waals surface area (Å²) in [6.07, 6.45) is -12.4. The van der Waals surface area contributed by atoms with Crippen molar-refractivity contribution < 1.29 is 45.2 Å². The van der Waals surface area contributed by atoms with Gasteiger partial charge in [0.25, 0.3) is 0 Å². The van der Waals surface area contributed by atoms with Crippen LogP contribution in [0, 0.1) is 0 Å². The number of rotatable bonds is 1. The first kappa shape index (κ1) is 16.0. The van der Waals surface area contributed by atoms with E-state index in [1.807, 2.05) is 0 Å². The normalized spacial score (nSPS) is 57.6. The predicted octanol–water partition coefficient (Wildman–Crippen LogP) is -4.34. The van der Waals surface area contributed by atoms with E-state index in [0.29, 0.717) is 0 Å². The van der Waals surface area contributed by atoms with Crippen molar-refractivity contribution in [2.75, 3.05) is 6.61 Å². The van der Waals surface area contributed by atoms with E-state index in [1.54, 1.807) is 0 Å². The van der Waals surface area contributed by atoms with Gasteiger partial charge in [0.2, 0.25) is 5.79 Å². The average molecular weight is 296 g/mol. The molecule has 0 saturated carbocycles. The molecule has 9 atom stereocenters. The molecule has 0 radical (unpaired) electrons. The van der Waals surface area contributed by atoms with Gasteiger partial charge in [-0.15, -0.1) is 0 Å². The zero-order valence-electron chi connectivity index (χ0n) is 10.8. The Hall–Kier alpha value is -0.360. The highest BCUT2D eigenvalue weighted by atomic mass is 16.7. The lowest BCUT2D eigenvalue weighted by atomic mass is 9.84. The Bertz CT molecular complexity index is 353. The molecule has 2 rings (SSSR count). The van der Waals surface area contributed by atoms with Crippen LogP contribution in [0.1, 0.15) is 6.92 Å². The lowest BCUT2D eigenvalue weighted by Crippen LogP contribution is -2.73. The molecule has 2 fully saturated rings. The molecule has 118 valence electrons. The quantitative estimate of drug-likeness (QED) is 0.254. The Morgan fingerprint density at radius 3 is 2.10 bits per heavy atom. The Balaban J connectivity index is 2.25. The Labute approximate surface area is 114 Å². The van der Waals surface area contributed by atoms with Crippen molar-refractivity contribution in [2.24, 2.45) is 0 Å². The van der Waals surface area contributed by atoms with Crippen molar-refractivity contribution in [2.45, 2.75) is 61.5 Å². The third kappa shape index (κ3) is 2.34. The first-order chi connectivity index (χ1) is 9.20. The summed E-state index contributed by atoms with van der Waals surface area (Å²) >= 11 is 0. The molecule has 2 aliphatic rings. The van der Waals surface area contributed by atoms with Gasteiger partial charge < -0.3 is 45.2 Å². The van der Waals surface area contributed by atoms with Crippen molar-refractivity contribution in [3.8, 4) is 0 Å². The molecule has 0 aliphatic carbocycles. The molecular weight excluding hydrogens is 276 g/mol. The van der Waals surface area contributed by atoms with Crippen LogP contribution in [-0.2, 0) is 9.47 Å². The molecule has 0 amide bonds. The highest BCUT2D eigenvalue weighted by molar-refractivity contribution is 5.04. The number of aliphatic hydroxyl groups is 7. The summed E-state index contributed by atoms with van der Waals surface area (Å²) in [6, 6.07) is 0. The zero-order valence-corrected chi connectivity index (χ0v) is 10.8. The van der Waals surface area contributed by atoms with Crippen LogP contribution in [0.25, 0.3) is 0 Å². The summed E-state index contributed by atoms with van der Waals surface area (Å²) in [7, 11) is 0. The fourth-order valence-corrected chi connectivity index (χ4v) is 2.55. The number of hydrogen-bond acceptors (Lipinski definition) is 9. The minimum atomic E-state index is -2.53. The van der Waals surface area contributed by atoms with Crippen LogP contribution in [0.15, 0.2) is 0 Å². The maximum absolute atomic E-state index is 10.4. The van der Waals surface area contributed by atoms with Gasteiger partial charge in [0, 0.05) is 0 Å². The predicted molar refractivity (Wildman–Crippen MR) is 61.3 cm³/mol. The molecule has 9 nitrogen and oxygen atoms in total. The average Bonchev–Trinajstić information content (AvgIpc) is 2.40. The van der Waals surface area contributed by atoms with E-state index in [4.69, 9.17) is 9.47 Å². The van der Waals surface area contributed by atoms with Crippen LogP contribution in [0.4, 0.5) is 0 Å². The van der Waals surface area contributed by atoms with E-state index >= 15 is 0 Å². The third-order valence-electron chi connectivity index (χ3n) is 3.86. The molecule has 0 spiro atoms. The van der Waals surface area contributed by atoms with E-state index in [2.05, 4.69) is 0 Å². The van der Waals surface area contributed by atoms with Crippen molar-refractivity contribution in [3.05, 3.63) is 0 Å². The second kappa shape index (κ2) is 5.44. The fourth-order valence-electron chi connectivity index (χ4n) is 2.55. The molecule has 20 heavy (non-hydrogen) atoms. The lowest BCUT2D eigenvalue weighted by Gasteiger charge is -2.51. The number of aliphatic hydroxyl groups excluding tert-OH is 6. The summed E-state index contributed by atoms with van der Waals surface area (Å²) in [5.74, 6) is -2.53. The zero-order chi connectivity index (χ0) is 15.2. The third-order valence-corrected chi connectivity index (χ3v) is 3.86. The summed E-state index contributed by atoms with van der Waals surface area (Å²) in [5, 5.41) is 68.3. The summed E-state index contributed by atoms with van der Waals surface area (Å²) in [5.41, 5.74) is 0. The molecule has 0 aromatic heterocycles. The van der Waals surface area contributed by atoms with Crippen LogP contribution < -0.4 is 0 Å². The number of ether oxygens (including phenoxy) is 2. The SMILES string of the molecule is C[C@@H]1O[C@](O)([C@H]2OC[C@@H](O)[C@H](O)[C@H]2O)[C@@H](O)[C@H](O)[C@@H]1O. The summed E-state index contributed by atoms with van der Waals surface area (Å²) in [4.78, 5) is 0.